The first-order chi connectivity index (χ1) is 12.3. The number of anilines is 2. The Bertz CT molecular complexity index is 822. The first-order valence-corrected chi connectivity index (χ1v) is 8.03. The van der Waals surface area contributed by atoms with Crippen molar-refractivity contribution >= 4 is 35.2 Å². The number of benzene rings is 2. The first kappa shape index (κ1) is 18.9. The van der Waals surface area contributed by atoms with Crippen LogP contribution < -0.4 is 10.6 Å². The molecule has 6 heteroatoms. The molecule has 0 spiro atoms. The maximum atomic E-state index is 12.0. The number of hydrogen-bond donors (Lipinski definition) is 2. The van der Waals surface area contributed by atoms with Crippen molar-refractivity contribution < 1.29 is 14.4 Å². The quantitative estimate of drug-likeness (QED) is 0.813. The normalized spacial score (nSPS) is 10.4. The van der Waals surface area contributed by atoms with Crippen molar-refractivity contribution in [3.05, 3.63) is 65.7 Å². The van der Waals surface area contributed by atoms with Gasteiger partial charge in [-0.2, -0.15) is 0 Å². The molecule has 0 radical (unpaired) electrons. The third-order valence-electron chi connectivity index (χ3n) is 3.46. The van der Waals surface area contributed by atoms with E-state index in [9.17, 15) is 14.4 Å². The molecule has 3 amide bonds. The summed E-state index contributed by atoms with van der Waals surface area (Å²) in [5, 5.41) is 5.42. The number of nitrogens with zero attached hydrogens (tertiary/aromatic N) is 1. The van der Waals surface area contributed by atoms with Crippen LogP contribution in [0.4, 0.5) is 11.4 Å². The molecule has 0 aromatic heterocycles. The van der Waals surface area contributed by atoms with Crippen molar-refractivity contribution in [2.75, 3.05) is 24.7 Å². The topological polar surface area (TPSA) is 78.5 Å². The third kappa shape index (κ3) is 5.59. The highest BCUT2D eigenvalue weighted by Gasteiger charge is 2.07. The monoisotopic (exact) mass is 351 g/mol. The van der Waals surface area contributed by atoms with E-state index in [1.807, 2.05) is 0 Å². The number of hydrogen-bond acceptors (Lipinski definition) is 3. The van der Waals surface area contributed by atoms with Gasteiger partial charge < -0.3 is 15.5 Å². The molecule has 0 bridgehead atoms. The number of nitrogens with one attached hydrogen (secondary N) is 2. The molecule has 2 aromatic rings. The zero-order valence-corrected chi connectivity index (χ0v) is 14.9. The van der Waals surface area contributed by atoms with Crippen molar-refractivity contribution in [1.82, 2.24) is 4.90 Å². The highest BCUT2D eigenvalue weighted by molar-refractivity contribution is 6.02. The minimum Gasteiger partial charge on any atom is -0.345 e. The van der Waals surface area contributed by atoms with Gasteiger partial charge in [-0.1, -0.05) is 12.1 Å². The van der Waals surface area contributed by atoms with Gasteiger partial charge in [0.05, 0.1) is 0 Å². The highest BCUT2D eigenvalue weighted by atomic mass is 16.2. The minimum atomic E-state index is -0.275. The van der Waals surface area contributed by atoms with E-state index in [1.54, 1.807) is 68.7 Å². The largest absolute Gasteiger partial charge is 0.345 e. The molecule has 0 unspecified atom stereocenters. The summed E-state index contributed by atoms with van der Waals surface area (Å²) < 4.78 is 0. The van der Waals surface area contributed by atoms with Gasteiger partial charge in [0.25, 0.3) is 5.91 Å². The SMILES string of the molecule is CC(=O)Nc1ccc(/C=C/C(=O)Nc2ccc(C(=O)N(C)C)cc2)cc1. The second-order valence-electron chi connectivity index (χ2n) is 5.90. The van der Waals surface area contributed by atoms with Crippen LogP contribution in [0.25, 0.3) is 6.08 Å². The average molecular weight is 351 g/mol. The maximum Gasteiger partial charge on any atom is 0.253 e. The molecule has 26 heavy (non-hydrogen) atoms. The number of carbonyl (C=O) groups excluding carboxylic acids is 3. The molecule has 0 saturated carbocycles. The smallest absolute Gasteiger partial charge is 0.253 e. The van der Waals surface area contributed by atoms with E-state index in [1.165, 1.54) is 17.9 Å². The van der Waals surface area contributed by atoms with E-state index in [-0.39, 0.29) is 17.7 Å². The summed E-state index contributed by atoms with van der Waals surface area (Å²) in [5.74, 6) is -0.501. The second kappa shape index (κ2) is 8.62. The maximum absolute atomic E-state index is 12.0. The van der Waals surface area contributed by atoms with Gasteiger partial charge in [-0.3, -0.25) is 14.4 Å². The van der Waals surface area contributed by atoms with Gasteiger partial charge in [-0.25, -0.2) is 0 Å². The van der Waals surface area contributed by atoms with E-state index >= 15 is 0 Å². The average Bonchev–Trinajstić information content (AvgIpc) is 2.60. The van der Waals surface area contributed by atoms with Crippen LogP contribution in [0.2, 0.25) is 0 Å². The molecule has 0 saturated heterocycles. The molecule has 0 heterocycles. The Morgan fingerprint density at radius 3 is 1.92 bits per heavy atom. The van der Waals surface area contributed by atoms with Crippen molar-refractivity contribution in [2.45, 2.75) is 6.92 Å². The van der Waals surface area contributed by atoms with Crippen LogP contribution in [-0.4, -0.2) is 36.7 Å². The van der Waals surface area contributed by atoms with Gasteiger partial charge in [0.1, 0.15) is 0 Å². The Morgan fingerprint density at radius 2 is 1.38 bits per heavy atom. The van der Waals surface area contributed by atoms with Crippen molar-refractivity contribution in [2.24, 2.45) is 0 Å². The Kier molecular flexibility index (Phi) is 6.27. The van der Waals surface area contributed by atoms with Crippen LogP contribution >= 0.6 is 0 Å². The molecule has 0 aliphatic heterocycles. The fraction of sp³-hybridized carbons (Fsp3) is 0.150. The third-order valence-corrected chi connectivity index (χ3v) is 3.46. The van der Waals surface area contributed by atoms with Gasteiger partial charge in [0, 0.05) is 44.0 Å². The molecule has 0 fully saturated rings. The molecule has 6 nitrogen and oxygen atoms in total. The van der Waals surface area contributed by atoms with Crippen molar-refractivity contribution in [1.29, 1.82) is 0 Å². The van der Waals surface area contributed by atoms with E-state index < -0.39 is 0 Å². The summed E-state index contributed by atoms with van der Waals surface area (Å²) in [6.07, 6.45) is 3.10. The summed E-state index contributed by atoms with van der Waals surface area (Å²) in [6, 6.07) is 13.8. The zero-order chi connectivity index (χ0) is 19.1. The molecule has 0 aliphatic carbocycles. The summed E-state index contributed by atoms with van der Waals surface area (Å²) in [4.78, 5) is 36.3. The van der Waals surface area contributed by atoms with Gasteiger partial charge in [0.15, 0.2) is 0 Å². The predicted octanol–water partition coefficient (Wildman–Crippen LogP) is 3.00. The Hall–Kier alpha value is -3.41. The van der Waals surface area contributed by atoms with Crippen LogP contribution in [0.15, 0.2) is 54.6 Å². The fourth-order valence-corrected chi connectivity index (χ4v) is 2.19. The molecule has 0 atom stereocenters. The van der Waals surface area contributed by atoms with Crippen LogP contribution in [0, 0.1) is 0 Å². The van der Waals surface area contributed by atoms with Gasteiger partial charge in [-0.15, -0.1) is 0 Å². The summed E-state index contributed by atoms with van der Waals surface area (Å²) >= 11 is 0. The van der Waals surface area contributed by atoms with E-state index in [2.05, 4.69) is 10.6 Å². The van der Waals surface area contributed by atoms with Crippen molar-refractivity contribution in [3.8, 4) is 0 Å². The molecular formula is C20H21N3O3. The van der Waals surface area contributed by atoms with Crippen molar-refractivity contribution in [3.63, 3.8) is 0 Å². The van der Waals surface area contributed by atoms with Crippen LogP contribution in [0.1, 0.15) is 22.8 Å². The Morgan fingerprint density at radius 1 is 0.846 bits per heavy atom. The van der Waals surface area contributed by atoms with E-state index in [0.29, 0.717) is 16.9 Å². The molecule has 2 rings (SSSR count). The summed E-state index contributed by atoms with van der Waals surface area (Å²) in [6.45, 7) is 1.45. The lowest BCUT2D eigenvalue weighted by atomic mass is 10.1. The zero-order valence-electron chi connectivity index (χ0n) is 14.9. The van der Waals surface area contributed by atoms with Gasteiger partial charge in [0.2, 0.25) is 11.8 Å². The number of carbonyl (C=O) groups is 3. The van der Waals surface area contributed by atoms with Crippen LogP contribution in [0.3, 0.4) is 0 Å². The first-order valence-electron chi connectivity index (χ1n) is 8.03. The van der Waals surface area contributed by atoms with Gasteiger partial charge >= 0.3 is 0 Å². The summed E-state index contributed by atoms with van der Waals surface area (Å²) in [7, 11) is 3.37. The lowest BCUT2D eigenvalue weighted by Crippen LogP contribution is -2.21. The molecule has 0 aliphatic rings. The van der Waals surface area contributed by atoms with Crippen LogP contribution in [-0.2, 0) is 9.59 Å². The molecule has 2 N–H and O–H groups in total. The van der Waals surface area contributed by atoms with E-state index in [4.69, 9.17) is 0 Å². The second-order valence-corrected chi connectivity index (χ2v) is 5.90. The summed E-state index contributed by atoms with van der Waals surface area (Å²) in [5.41, 5.74) is 2.70. The molecule has 2 aromatic carbocycles. The van der Waals surface area contributed by atoms with Crippen LogP contribution in [0.5, 0.6) is 0 Å². The molecular weight excluding hydrogens is 330 g/mol. The standard InChI is InChI=1S/C20H21N3O3/c1-14(24)21-17-9-4-15(5-10-17)6-13-19(25)22-18-11-7-16(8-12-18)20(26)23(2)3/h4-13H,1-3H3,(H,21,24)(H,22,25)/b13-6+. The lowest BCUT2D eigenvalue weighted by Gasteiger charge is -2.10. The fourth-order valence-electron chi connectivity index (χ4n) is 2.19. The Balaban J connectivity index is 1.94. The highest BCUT2D eigenvalue weighted by Crippen LogP contribution is 2.13. The Labute approximate surface area is 152 Å². The van der Waals surface area contributed by atoms with E-state index in [0.717, 1.165) is 5.56 Å². The molecule has 134 valence electrons. The lowest BCUT2D eigenvalue weighted by molar-refractivity contribution is -0.114. The number of rotatable bonds is 5. The minimum absolute atomic E-state index is 0.0921. The van der Waals surface area contributed by atoms with Gasteiger partial charge in [-0.05, 0) is 48.0 Å². The number of amides is 3. The predicted molar refractivity (Wildman–Crippen MR) is 103 cm³/mol.